The minimum atomic E-state index is -0.440. The second-order valence-corrected chi connectivity index (χ2v) is 4.27. The largest absolute Gasteiger partial charge is 0.357 e. The van der Waals surface area contributed by atoms with Gasteiger partial charge < -0.3 is 5.32 Å². The molecule has 0 bridgehead atoms. The number of anilines is 1. The summed E-state index contributed by atoms with van der Waals surface area (Å²) in [5.41, 5.74) is 0. The number of rotatable bonds is 2. The molecule has 1 N–H and O–H groups in total. The van der Waals surface area contributed by atoms with Crippen LogP contribution in [0.25, 0.3) is 0 Å². The van der Waals surface area contributed by atoms with Crippen molar-refractivity contribution in [2.45, 2.75) is 18.9 Å². The van der Waals surface area contributed by atoms with Crippen molar-refractivity contribution in [3.63, 3.8) is 0 Å². The monoisotopic (exact) mass is 253 g/mol. The zero-order valence-electron chi connectivity index (χ0n) is 9.31. The predicted molar refractivity (Wildman–Crippen MR) is 63.7 cm³/mol. The number of halogens is 1. The Balaban J connectivity index is 2.12. The molecular formula is C11H12ClN3O2. The maximum absolute atomic E-state index is 11.8. The molecule has 5 nitrogen and oxygen atoms in total. The van der Waals surface area contributed by atoms with Gasteiger partial charge in [0, 0.05) is 19.7 Å². The van der Waals surface area contributed by atoms with E-state index in [0.29, 0.717) is 23.7 Å². The SMILES string of the molecule is CN1C(=O)CCC(Nc2ncccc2Cl)C1=O. The van der Waals surface area contributed by atoms with Crippen LogP contribution < -0.4 is 5.32 Å². The lowest BCUT2D eigenvalue weighted by molar-refractivity contribution is -0.146. The van der Waals surface area contributed by atoms with Crippen molar-refractivity contribution in [2.75, 3.05) is 12.4 Å². The molecule has 1 aromatic rings. The zero-order valence-corrected chi connectivity index (χ0v) is 10.1. The van der Waals surface area contributed by atoms with E-state index in [1.54, 1.807) is 18.3 Å². The van der Waals surface area contributed by atoms with Gasteiger partial charge in [-0.2, -0.15) is 0 Å². The lowest BCUT2D eigenvalue weighted by Crippen LogP contribution is -2.48. The van der Waals surface area contributed by atoms with Crippen molar-refractivity contribution in [1.29, 1.82) is 0 Å². The van der Waals surface area contributed by atoms with Crippen LogP contribution in [0, 0.1) is 0 Å². The summed E-state index contributed by atoms with van der Waals surface area (Å²) in [6.45, 7) is 0. The molecule has 2 rings (SSSR count). The van der Waals surface area contributed by atoms with Gasteiger partial charge in [-0.05, 0) is 18.6 Å². The maximum Gasteiger partial charge on any atom is 0.251 e. The molecule has 0 spiro atoms. The van der Waals surface area contributed by atoms with Gasteiger partial charge in [0.15, 0.2) is 0 Å². The molecule has 1 aliphatic rings. The van der Waals surface area contributed by atoms with Gasteiger partial charge in [0.2, 0.25) is 5.91 Å². The molecule has 0 aromatic carbocycles. The Bertz CT molecular complexity index is 464. The average molecular weight is 254 g/mol. The van der Waals surface area contributed by atoms with E-state index in [9.17, 15) is 9.59 Å². The van der Waals surface area contributed by atoms with E-state index in [-0.39, 0.29) is 11.8 Å². The van der Waals surface area contributed by atoms with E-state index in [1.807, 2.05) is 0 Å². The Morgan fingerprint density at radius 2 is 2.29 bits per heavy atom. The number of imide groups is 1. The highest BCUT2D eigenvalue weighted by molar-refractivity contribution is 6.32. The molecule has 0 aliphatic carbocycles. The standard InChI is InChI=1S/C11H12ClN3O2/c1-15-9(16)5-4-8(11(15)17)14-10-7(12)3-2-6-13-10/h2-3,6,8H,4-5H2,1H3,(H,13,14). The minimum Gasteiger partial charge on any atom is -0.357 e. The molecule has 1 aliphatic heterocycles. The molecule has 90 valence electrons. The summed E-state index contributed by atoms with van der Waals surface area (Å²) in [5.74, 6) is 0.0680. The fourth-order valence-electron chi connectivity index (χ4n) is 1.71. The lowest BCUT2D eigenvalue weighted by atomic mass is 10.0. The van der Waals surface area contributed by atoms with Crippen molar-refractivity contribution in [2.24, 2.45) is 0 Å². The van der Waals surface area contributed by atoms with E-state index in [1.165, 1.54) is 7.05 Å². The lowest BCUT2D eigenvalue weighted by Gasteiger charge is -2.28. The van der Waals surface area contributed by atoms with E-state index >= 15 is 0 Å². The van der Waals surface area contributed by atoms with Crippen LogP contribution in [-0.2, 0) is 9.59 Å². The summed E-state index contributed by atoms with van der Waals surface area (Å²) in [4.78, 5) is 28.3. The zero-order chi connectivity index (χ0) is 12.4. The Kier molecular flexibility index (Phi) is 3.28. The molecule has 1 fully saturated rings. The van der Waals surface area contributed by atoms with E-state index in [2.05, 4.69) is 10.3 Å². The highest BCUT2D eigenvalue weighted by Crippen LogP contribution is 2.21. The Morgan fingerprint density at radius 3 is 3.00 bits per heavy atom. The number of carbonyl (C=O) groups excluding carboxylic acids is 2. The third-order valence-electron chi connectivity index (χ3n) is 2.72. The molecule has 0 radical (unpaired) electrons. The molecule has 6 heteroatoms. The van der Waals surface area contributed by atoms with Gasteiger partial charge in [0.1, 0.15) is 11.9 Å². The summed E-state index contributed by atoms with van der Waals surface area (Å²) in [6, 6.07) is 2.97. The number of nitrogens with zero attached hydrogens (tertiary/aromatic N) is 2. The van der Waals surface area contributed by atoms with Crippen LogP contribution in [0.1, 0.15) is 12.8 Å². The molecular weight excluding hydrogens is 242 g/mol. The number of carbonyl (C=O) groups is 2. The van der Waals surface area contributed by atoms with Gasteiger partial charge in [0.05, 0.1) is 5.02 Å². The summed E-state index contributed by atoms with van der Waals surface area (Å²) in [6.07, 6.45) is 2.41. The topological polar surface area (TPSA) is 62.3 Å². The van der Waals surface area contributed by atoms with Gasteiger partial charge in [0.25, 0.3) is 5.91 Å². The van der Waals surface area contributed by atoms with Crippen LogP contribution in [-0.4, -0.2) is 34.8 Å². The summed E-state index contributed by atoms with van der Waals surface area (Å²) in [5, 5.41) is 3.42. The molecule has 1 saturated heterocycles. The number of likely N-dealkylation sites (tertiary alicyclic amines) is 1. The second-order valence-electron chi connectivity index (χ2n) is 3.86. The Morgan fingerprint density at radius 1 is 1.53 bits per heavy atom. The summed E-state index contributed by atoms with van der Waals surface area (Å²) < 4.78 is 0. The first-order valence-corrected chi connectivity index (χ1v) is 5.65. The van der Waals surface area contributed by atoms with Crippen molar-refractivity contribution in [1.82, 2.24) is 9.88 Å². The fraction of sp³-hybridized carbons (Fsp3) is 0.364. The minimum absolute atomic E-state index is 0.153. The quantitative estimate of drug-likeness (QED) is 0.807. The number of pyridine rings is 1. The molecule has 17 heavy (non-hydrogen) atoms. The first-order valence-electron chi connectivity index (χ1n) is 5.27. The van der Waals surface area contributed by atoms with E-state index in [0.717, 1.165) is 4.90 Å². The number of nitrogens with one attached hydrogen (secondary N) is 1. The number of piperidine rings is 1. The smallest absolute Gasteiger partial charge is 0.251 e. The van der Waals surface area contributed by atoms with Crippen LogP contribution in [0.4, 0.5) is 5.82 Å². The molecule has 0 saturated carbocycles. The van der Waals surface area contributed by atoms with Crippen molar-refractivity contribution in [3.05, 3.63) is 23.4 Å². The third kappa shape index (κ3) is 2.39. The second kappa shape index (κ2) is 4.71. The normalized spacial score (nSPS) is 20.6. The van der Waals surface area contributed by atoms with Crippen LogP contribution in [0.2, 0.25) is 5.02 Å². The van der Waals surface area contributed by atoms with E-state index in [4.69, 9.17) is 11.6 Å². The summed E-state index contributed by atoms with van der Waals surface area (Å²) in [7, 11) is 1.48. The van der Waals surface area contributed by atoms with Gasteiger partial charge in [-0.1, -0.05) is 11.6 Å². The molecule has 1 aromatic heterocycles. The first kappa shape index (κ1) is 11.9. The maximum atomic E-state index is 11.8. The van der Waals surface area contributed by atoms with Crippen LogP contribution in [0.3, 0.4) is 0 Å². The average Bonchev–Trinajstić information content (AvgIpc) is 2.32. The van der Waals surface area contributed by atoms with Crippen LogP contribution in [0.5, 0.6) is 0 Å². The fourth-order valence-corrected chi connectivity index (χ4v) is 1.88. The van der Waals surface area contributed by atoms with Gasteiger partial charge in [-0.3, -0.25) is 14.5 Å². The number of aromatic nitrogens is 1. The number of likely N-dealkylation sites (N-methyl/N-ethyl adjacent to an activating group) is 1. The van der Waals surface area contributed by atoms with Crippen molar-refractivity contribution >= 4 is 29.2 Å². The van der Waals surface area contributed by atoms with Crippen molar-refractivity contribution < 1.29 is 9.59 Å². The molecule has 2 heterocycles. The number of amides is 2. The highest BCUT2D eigenvalue weighted by atomic mass is 35.5. The Hall–Kier alpha value is -1.62. The number of hydrogen-bond acceptors (Lipinski definition) is 4. The molecule has 1 unspecified atom stereocenters. The summed E-state index contributed by atoms with van der Waals surface area (Å²) >= 11 is 5.94. The first-order chi connectivity index (χ1) is 8.09. The highest BCUT2D eigenvalue weighted by Gasteiger charge is 2.32. The van der Waals surface area contributed by atoms with E-state index < -0.39 is 6.04 Å². The molecule has 1 atom stereocenters. The van der Waals surface area contributed by atoms with Gasteiger partial charge in [-0.15, -0.1) is 0 Å². The van der Waals surface area contributed by atoms with Gasteiger partial charge >= 0.3 is 0 Å². The number of hydrogen-bond donors (Lipinski definition) is 1. The van der Waals surface area contributed by atoms with Crippen LogP contribution in [0.15, 0.2) is 18.3 Å². The van der Waals surface area contributed by atoms with Crippen LogP contribution >= 0.6 is 11.6 Å². The van der Waals surface area contributed by atoms with Crippen molar-refractivity contribution in [3.8, 4) is 0 Å². The molecule has 2 amide bonds. The van der Waals surface area contributed by atoms with Gasteiger partial charge in [-0.25, -0.2) is 4.98 Å². The Labute approximate surface area is 104 Å². The predicted octanol–water partition coefficient (Wildman–Crippen LogP) is 1.29. The third-order valence-corrected chi connectivity index (χ3v) is 3.02.